The van der Waals surface area contributed by atoms with E-state index >= 15 is 0 Å². The number of anilines is 1. The Morgan fingerprint density at radius 1 is 1.22 bits per heavy atom. The summed E-state index contributed by atoms with van der Waals surface area (Å²) < 4.78 is 0. The quantitative estimate of drug-likeness (QED) is 0.811. The highest BCUT2D eigenvalue weighted by atomic mass is 16.1. The molecule has 0 unspecified atom stereocenters. The molecule has 0 fully saturated rings. The van der Waals surface area contributed by atoms with Gasteiger partial charge in [0, 0.05) is 18.8 Å². The van der Waals surface area contributed by atoms with Crippen LogP contribution in [0.3, 0.4) is 0 Å². The van der Waals surface area contributed by atoms with E-state index in [9.17, 15) is 4.79 Å². The van der Waals surface area contributed by atoms with Gasteiger partial charge in [-0.15, -0.1) is 0 Å². The normalized spacial score (nSPS) is 11.1. The average Bonchev–Trinajstić information content (AvgIpc) is 2.37. The second-order valence-electron chi connectivity index (χ2n) is 5.28. The van der Waals surface area contributed by atoms with Crippen molar-refractivity contribution in [3.63, 3.8) is 0 Å². The predicted molar refractivity (Wildman–Crippen MR) is 77.0 cm³/mol. The molecule has 100 valence electrons. The molecule has 1 rings (SSSR count). The van der Waals surface area contributed by atoms with Crippen LogP contribution in [0.15, 0.2) is 24.3 Å². The van der Waals surface area contributed by atoms with Crippen LogP contribution in [-0.4, -0.2) is 19.0 Å². The van der Waals surface area contributed by atoms with Crippen LogP contribution < -0.4 is 10.6 Å². The first-order chi connectivity index (χ1) is 8.50. The van der Waals surface area contributed by atoms with Gasteiger partial charge in [0.25, 0.3) is 5.91 Å². The van der Waals surface area contributed by atoms with Gasteiger partial charge in [-0.25, -0.2) is 0 Å². The van der Waals surface area contributed by atoms with Gasteiger partial charge in [0.2, 0.25) is 0 Å². The summed E-state index contributed by atoms with van der Waals surface area (Å²) in [5.74, 6) is -0.00641. The average molecular weight is 248 g/mol. The molecule has 1 aromatic rings. The Morgan fingerprint density at radius 3 is 2.50 bits per heavy atom. The highest BCUT2D eigenvalue weighted by Crippen LogP contribution is 2.19. The molecule has 0 aromatic heterocycles. The standard InChI is InChI=1S/C15H24N2O/c1-5-15(3,4)11-17-14(18)12-9-7-8-10-13(12)16-6-2/h7-10,16H,5-6,11H2,1-4H3,(H,17,18). The van der Waals surface area contributed by atoms with Crippen molar-refractivity contribution in [2.75, 3.05) is 18.4 Å². The van der Waals surface area contributed by atoms with Gasteiger partial charge < -0.3 is 10.6 Å². The summed E-state index contributed by atoms with van der Waals surface area (Å²) in [6, 6.07) is 7.61. The fraction of sp³-hybridized carbons (Fsp3) is 0.533. The summed E-state index contributed by atoms with van der Waals surface area (Å²) in [5.41, 5.74) is 1.75. The Bertz CT molecular complexity index is 399. The summed E-state index contributed by atoms with van der Waals surface area (Å²) in [5, 5.41) is 6.22. The van der Waals surface area contributed by atoms with Crippen LogP contribution in [0.4, 0.5) is 5.69 Å². The van der Waals surface area contributed by atoms with Gasteiger partial charge in [-0.3, -0.25) is 4.79 Å². The van der Waals surface area contributed by atoms with E-state index in [1.165, 1.54) is 0 Å². The highest BCUT2D eigenvalue weighted by Gasteiger charge is 2.17. The summed E-state index contributed by atoms with van der Waals surface area (Å²) in [7, 11) is 0. The molecule has 0 radical (unpaired) electrons. The van der Waals surface area contributed by atoms with E-state index in [-0.39, 0.29) is 11.3 Å². The molecule has 0 saturated carbocycles. The zero-order chi connectivity index (χ0) is 13.6. The lowest BCUT2D eigenvalue weighted by atomic mass is 9.90. The lowest BCUT2D eigenvalue weighted by Crippen LogP contribution is -2.33. The Balaban J connectivity index is 2.72. The molecule has 3 nitrogen and oxygen atoms in total. The molecule has 0 aliphatic rings. The van der Waals surface area contributed by atoms with E-state index in [4.69, 9.17) is 0 Å². The van der Waals surface area contributed by atoms with Gasteiger partial charge in [0.15, 0.2) is 0 Å². The molecule has 0 aliphatic heterocycles. The van der Waals surface area contributed by atoms with Gasteiger partial charge in [-0.05, 0) is 30.9 Å². The Morgan fingerprint density at radius 2 is 1.89 bits per heavy atom. The van der Waals surface area contributed by atoms with Gasteiger partial charge in [-0.1, -0.05) is 32.9 Å². The molecule has 1 aromatic carbocycles. The number of benzene rings is 1. The molecule has 0 heterocycles. The van der Waals surface area contributed by atoms with Crippen LogP contribution in [0.1, 0.15) is 44.5 Å². The SMILES string of the molecule is CCNc1ccccc1C(=O)NCC(C)(C)CC. The number of rotatable bonds is 6. The minimum Gasteiger partial charge on any atom is -0.385 e. The number of hydrogen-bond acceptors (Lipinski definition) is 2. The van der Waals surface area contributed by atoms with Crippen molar-refractivity contribution in [3.05, 3.63) is 29.8 Å². The molecule has 0 bridgehead atoms. The van der Waals surface area contributed by atoms with E-state index in [1.54, 1.807) is 0 Å². The molecule has 0 saturated heterocycles. The van der Waals surface area contributed by atoms with Crippen molar-refractivity contribution in [2.45, 2.75) is 34.1 Å². The summed E-state index contributed by atoms with van der Waals surface area (Å²) in [4.78, 5) is 12.2. The first-order valence-electron chi connectivity index (χ1n) is 6.61. The van der Waals surface area contributed by atoms with E-state index < -0.39 is 0 Å². The minimum atomic E-state index is -0.00641. The monoisotopic (exact) mass is 248 g/mol. The van der Waals surface area contributed by atoms with Gasteiger partial charge in [-0.2, -0.15) is 0 Å². The van der Waals surface area contributed by atoms with Gasteiger partial charge in [0.1, 0.15) is 0 Å². The molecule has 0 aliphatic carbocycles. The number of para-hydroxylation sites is 1. The second kappa shape index (κ2) is 6.43. The van der Waals surface area contributed by atoms with Gasteiger partial charge >= 0.3 is 0 Å². The van der Waals surface area contributed by atoms with Crippen molar-refractivity contribution in [1.82, 2.24) is 5.32 Å². The number of carbonyl (C=O) groups is 1. The predicted octanol–water partition coefficient (Wildman–Crippen LogP) is 3.28. The van der Waals surface area contributed by atoms with Crippen LogP contribution in [-0.2, 0) is 0 Å². The third kappa shape index (κ3) is 4.06. The van der Waals surface area contributed by atoms with Crippen molar-refractivity contribution in [1.29, 1.82) is 0 Å². The molecule has 18 heavy (non-hydrogen) atoms. The molecular formula is C15H24N2O. The fourth-order valence-corrected chi connectivity index (χ4v) is 1.57. The summed E-state index contributed by atoms with van der Waals surface area (Å²) in [6.07, 6.45) is 1.04. The Hall–Kier alpha value is -1.51. The zero-order valence-corrected chi connectivity index (χ0v) is 11.8. The molecule has 3 heteroatoms. The van der Waals surface area contributed by atoms with E-state index in [1.807, 2.05) is 31.2 Å². The first-order valence-corrected chi connectivity index (χ1v) is 6.61. The third-order valence-corrected chi connectivity index (χ3v) is 3.22. The van der Waals surface area contributed by atoms with Crippen LogP contribution in [0, 0.1) is 5.41 Å². The summed E-state index contributed by atoms with van der Waals surface area (Å²) >= 11 is 0. The molecule has 1 amide bonds. The maximum atomic E-state index is 12.2. The zero-order valence-electron chi connectivity index (χ0n) is 11.8. The van der Waals surface area contributed by atoms with Crippen LogP contribution in [0.2, 0.25) is 0 Å². The van der Waals surface area contributed by atoms with Crippen molar-refractivity contribution < 1.29 is 4.79 Å². The van der Waals surface area contributed by atoms with Crippen LogP contribution in [0.25, 0.3) is 0 Å². The third-order valence-electron chi connectivity index (χ3n) is 3.22. The van der Waals surface area contributed by atoms with E-state index in [0.29, 0.717) is 12.1 Å². The number of amides is 1. The smallest absolute Gasteiger partial charge is 0.253 e. The van der Waals surface area contributed by atoms with Crippen molar-refractivity contribution in [2.24, 2.45) is 5.41 Å². The topological polar surface area (TPSA) is 41.1 Å². The largest absolute Gasteiger partial charge is 0.385 e. The maximum Gasteiger partial charge on any atom is 0.253 e. The lowest BCUT2D eigenvalue weighted by molar-refractivity contribution is 0.0936. The highest BCUT2D eigenvalue weighted by molar-refractivity contribution is 5.99. The number of nitrogens with one attached hydrogen (secondary N) is 2. The van der Waals surface area contributed by atoms with Crippen LogP contribution >= 0.6 is 0 Å². The minimum absolute atomic E-state index is 0.00641. The van der Waals surface area contributed by atoms with Crippen molar-refractivity contribution >= 4 is 11.6 Å². The van der Waals surface area contributed by atoms with E-state index in [2.05, 4.69) is 31.4 Å². The number of hydrogen-bond donors (Lipinski definition) is 2. The molecule has 0 spiro atoms. The maximum absolute atomic E-state index is 12.2. The lowest BCUT2D eigenvalue weighted by Gasteiger charge is -2.23. The molecule has 2 N–H and O–H groups in total. The molecular weight excluding hydrogens is 224 g/mol. The molecule has 0 atom stereocenters. The fourth-order valence-electron chi connectivity index (χ4n) is 1.57. The van der Waals surface area contributed by atoms with Gasteiger partial charge in [0.05, 0.1) is 5.56 Å². The number of carbonyl (C=O) groups excluding carboxylic acids is 1. The van der Waals surface area contributed by atoms with E-state index in [0.717, 1.165) is 18.7 Å². The Labute approximate surface area is 110 Å². The van der Waals surface area contributed by atoms with Crippen molar-refractivity contribution in [3.8, 4) is 0 Å². The Kier molecular flexibility index (Phi) is 5.20. The summed E-state index contributed by atoms with van der Waals surface area (Å²) in [6.45, 7) is 9.98. The second-order valence-corrected chi connectivity index (χ2v) is 5.28. The van der Waals surface area contributed by atoms with Crippen LogP contribution in [0.5, 0.6) is 0 Å². The first kappa shape index (κ1) is 14.6.